The topological polar surface area (TPSA) is 65.1 Å². The summed E-state index contributed by atoms with van der Waals surface area (Å²) >= 11 is 0. The first-order valence-corrected chi connectivity index (χ1v) is 8.66. The van der Waals surface area contributed by atoms with Crippen molar-refractivity contribution >= 4 is 11.9 Å². The molecule has 0 radical (unpaired) electrons. The molecule has 1 aliphatic heterocycles. The highest BCUT2D eigenvalue weighted by atomic mass is 19.1. The zero-order valence-electron chi connectivity index (χ0n) is 14.9. The number of halogens is 1. The quantitative estimate of drug-likeness (QED) is 0.698. The van der Waals surface area contributed by atoms with E-state index < -0.39 is 5.82 Å². The van der Waals surface area contributed by atoms with Crippen LogP contribution in [0, 0.1) is 5.82 Å². The van der Waals surface area contributed by atoms with Gasteiger partial charge < -0.3 is 19.1 Å². The maximum absolute atomic E-state index is 13.2. The molecule has 0 N–H and O–H groups in total. The van der Waals surface area contributed by atoms with Gasteiger partial charge >= 0.3 is 5.97 Å². The zero-order chi connectivity index (χ0) is 19.2. The fraction of sp³-hybridized carbons (Fsp3) is 0.300. The third-order valence-electron chi connectivity index (χ3n) is 4.08. The molecule has 1 aliphatic rings. The van der Waals surface area contributed by atoms with Crippen molar-refractivity contribution in [2.24, 2.45) is 0 Å². The number of hydrogen-bond acceptors (Lipinski definition) is 5. The van der Waals surface area contributed by atoms with Gasteiger partial charge in [-0.3, -0.25) is 9.59 Å². The summed E-state index contributed by atoms with van der Waals surface area (Å²) in [7, 11) is 0. The van der Waals surface area contributed by atoms with Crippen LogP contribution in [0.25, 0.3) is 0 Å². The maximum atomic E-state index is 13.2. The number of esters is 1. The molecule has 0 atom stereocenters. The Morgan fingerprint density at radius 1 is 1.11 bits per heavy atom. The van der Waals surface area contributed by atoms with Crippen molar-refractivity contribution in [3.05, 3.63) is 59.4 Å². The Balaban J connectivity index is 1.77. The number of nitrogens with zero attached hydrogens (tertiary/aromatic N) is 1. The number of fused-ring (bicyclic) bond motifs is 1. The zero-order valence-corrected chi connectivity index (χ0v) is 14.9. The largest absolute Gasteiger partial charge is 0.466 e. The molecule has 0 aromatic heterocycles. The normalized spacial score (nSPS) is 11.9. The average Bonchev–Trinajstić information content (AvgIpc) is 3.13. The Morgan fingerprint density at radius 2 is 1.85 bits per heavy atom. The molecule has 0 saturated carbocycles. The fourth-order valence-electron chi connectivity index (χ4n) is 2.75. The summed E-state index contributed by atoms with van der Waals surface area (Å²) in [5.41, 5.74) is 1.18. The van der Waals surface area contributed by atoms with E-state index in [0.717, 1.165) is 5.56 Å². The van der Waals surface area contributed by atoms with E-state index in [1.807, 2.05) is 6.07 Å². The molecule has 7 heteroatoms. The first-order valence-electron chi connectivity index (χ1n) is 8.66. The Morgan fingerprint density at radius 3 is 2.59 bits per heavy atom. The number of rotatable bonds is 7. The monoisotopic (exact) mass is 373 g/mol. The molecule has 1 amide bonds. The Kier molecular flexibility index (Phi) is 5.90. The van der Waals surface area contributed by atoms with Gasteiger partial charge in [-0.2, -0.15) is 0 Å². The Bertz CT molecular complexity index is 822. The van der Waals surface area contributed by atoms with Crippen molar-refractivity contribution in [1.29, 1.82) is 0 Å². The molecular formula is C20H20FNO5. The molecule has 2 aromatic rings. The molecule has 6 nitrogen and oxygen atoms in total. The minimum absolute atomic E-state index is 0.0747. The minimum atomic E-state index is -0.416. The summed E-state index contributed by atoms with van der Waals surface area (Å²) in [5, 5.41) is 0. The minimum Gasteiger partial charge on any atom is -0.466 e. The van der Waals surface area contributed by atoms with Crippen LogP contribution in [0.1, 0.15) is 29.3 Å². The van der Waals surface area contributed by atoms with Gasteiger partial charge in [0.1, 0.15) is 5.82 Å². The molecule has 0 unspecified atom stereocenters. The molecule has 27 heavy (non-hydrogen) atoms. The van der Waals surface area contributed by atoms with Gasteiger partial charge in [0.25, 0.3) is 5.91 Å². The molecule has 0 spiro atoms. The van der Waals surface area contributed by atoms with Crippen molar-refractivity contribution in [3.8, 4) is 11.5 Å². The van der Waals surface area contributed by atoms with Gasteiger partial charge in [-0.25, -0.2) is 4.39 Å². The molecule has 0 saturated heterocycles. The predicted octanol–water partition coefficient (Wildman–Crippen LogP) is 3.15. The van der Waals surface area contributed by atoms with Crippen LogP contribution in [0.4, 0.5) is 4.39 Å². The first-order chi connectivity index (χ1) is 13.1. The van der Waals surface area contributed by atoms with Crippen molar-refractivity contribution in [2.45, 2.75) is 19.9 Å². The van der Waals surface area contributed by atoms with E-state index in [2.05, 4.69) is 0 Å². The first kappa shape index (κ1) is 18.7. The average molecular weight is 373 g/mol. The summed E-state index contributed by atoms with van der Waals surface area (Å²) in [6.07, 6.45) is 0.0747. The lowest BCUT2D eigenvalue weighted by Gasteiger charge is -2.23. The number of benzene rings is 2. The smallest absolute Gasteiger partial charge is 0.307 e. The van der Waals surface area contributed by atoms with Gasteiger partial charge in [-0.05, 0) is 48.9 Å². The predicted molar refractivity (Wildman–Crippen MR) is 95.0 cm³/mol. The van der Waals surface area contributed by atoms with Crippen LogP contribution in [-0.4, -0.2) is 36.7 Å². The van der Waals surface area contributed by atoms with Crippen molar-refractivity contribution in [2.75, 3.05) is 19.9 Å². The van der Waals surface area contributed by atoms with Crippen LogP contribution in [-0.2, 0) is 16.1 Å². The van der Waals surface area contributed by atoms with Crippen molar-refractivity contribution < 1.29 is 28.2 Å². The second-order valence-electron chi connectivity index (χ2n) is 5.98. The van der Waals surface area contributed by atoms with E-state index in [1.165, 1.54) is 29.2 Å². The highest BCUT2D eigenvalue weighted by Crippen LogP contribution is 2.32. The molecule has 0 fully saturated rings. The van der Waals surface area contributed by atoms with Crippen LogP contribution in [0.5, 0.6) is 11.5 Å². The van der Waals surface area contributed by atoms with Gasteiger partial charge in [-0.15, -0.1) is 0 Å². The number of hydrogen-bond donors (Lipinski definition) is 0. The van der Waals surface area contributed by atoms with Gasteiger partial charge in [0.15, 0.2) is 11.5 Å². The van der Waals surface area contributed by atoms with Crippen molar-refractivity contribution in [3.63, 3.8) is 0 Å². The standard InChI is InChI=1S/C20H20FNO5/c1-2-25-19(23)9-10-22(20(24)15-4-6-16(21)7-5-15)12-14-3-8-17-18(11-14)27-13-26-17/h3-8,11H,2,9-10,12-13H2,1H3. The fourth-order valence-corrected chi connectivity index (χ4v) is 2.75. The van der Waals surface area contributed by atoms with Crippen LogP contribution < -0.4 is 9.47 Å². The number of carbonyl (C=O) groups is 2. The molecule has 0 bridgehead atoms. The molecule has 0 aliphatic carbocycles. The van der Waals surface area contributed by atoms with E-state index >= 15 is 0 Å². The second kappa shape index (κ2) is 8.53. The van der Waals surface area contributed by atoms with E-state index in [0.29, 0.717) is 17.1 Å². The number of carbonyl (C=O) groups excluding carboxylic acids is 2. The lowest BCUT2D eigenvalue weighted by atomic mass is 10.1. The summed E-state index contributed by atoms with van der Waals surface area (Å²) in [6.45, 7) is 2.63. The molecule has 1 heterocycles. The van der Waals surface area contributed by atoms with Crippen molar-refractivity contribution in [1.82, 2.24) is 4.90 Å². The SMILES string of the molecule is CCOC(=O)CCN(Cc1ccc2c(c1)OCO2)C(=O)c1ccc(F)cc1. The highest BCUT2D eigenvalue weighted by molar-refractivity contribution is 5.94. The van der Waals surface area contributed by atoms with E-state index in [-0.39, 0.29) is 44.8 Å². The third kappa shape index (κ3) is 4.75. The Labute approximate surface area is 156 Å². The molecule has 142 valence electrons. The van der Waals surface area contributed by atoms with Crippen LogP contribution in [0.3, 0.4) is 0 Å². The number of ether oxygens (including phenoxy) is 3. The van der Waals surface area contributed by atoms with Gasteiger partial charge in [-0.1, -0.05) is 6.07 Å². The van der Waals surface area contributed by atoms with Gasteiger partial charge in [0.2, 0.25) is 6.79 Å². The lowest BCUT2D eigenvalue weighted by molar-refractivity contribution is -0.143. The number of amides is 1. The summed E-state index contributed by atoms with van der Waals surface area (Å²) in [6, 6.07) is 10.7. The van der Waals surface area contributed by atoms with Gasteiger partial charge in [0, 0.05) is 18.7 Å². The summed E-state index contributed by atoms with van der Waals surface area (Å²) in [4.78, 5) is 26.1. The molecule has 3 rings (SSSR count). The summed E-state index contributed by atoms with van der Waals surface area (Å²) in [5.74, 6) is 0.186. The van der Waals surface area contributed by atoms with E-state index in [4.69, 9.17) is 14.2 Å². The van der Waals surface area contributed by atoms with Crippen LogP contribution >= 0.6 is 0 Å². The molecular weight excluding hydrogens is 353 g/mol. The van der Waals surface area contributed by atoms with E-state index in [1.54, 1.807) is 19.1 Å². The third-order valence-corrected chi connectivity index (χ3v) is 4.08. The maximum Gasteiger partial charge on any atom is 0.307 e. The van der Waals surface area contributed by atoms with Crippen LogP contribution in [0.2, 0.25) is 0 Å². The Hall–Kier alpha value is -3.09. The van der Waals surface area contributed by atoms with Crippen LogP contribution in [0.15, 0.2) is 42.5 Å². The lowest BCUT2D eigenvalue weighted by Crippen LogP contribution is -2.33. The highest BCUT2D eigenvalue weighted by Gasteiger charge is 2.20. The molecule has 2 aromatic carbocycles. The van der Waals surface area contributed by atoms with Gasteiger partial charge in [0.05, 0.1) is 13.0 Å². The summed E-state index contributed by atoms with van der Waals surface area (Å²) < 4.78 is 28.8. The van der Waals surface area contributed by atoms with E-state index in [9.17, 15) is 14.0 Å². The second-order valence-corrected chi connectivity index (χ2v) is 5.98.